The van der Waals surface area contributed by atoms with Gasteiger partial charge in [0.1, 0.15) is 5.75 Å². The lowest BCUT2D eigenvalue weighted by Crippen LogP contribution is -2.43. The van der Waals surface area contributed by atoms with Gasteiger partial charge in [0, 0.05) is 24.1 Å². The third-order valence-electron chi connectivity index (χ3n) is 6.15. The van der Waals surface area contributed by atoms with E-state index >= 15 is 0 Å². The Bertz CT molecular complexity index is 1100. The first kappa shape index (κ1) is 24.4. The van der Waals surface area contributed by atoms with Crippen LogP contribution in [-0.4, -0.2) is 33.8 Å². The number of methoxy groups -OCH3 is 1. The van der Waals surface area contributed by atoms with Crippen LogP contribution in [0.3, 0.4) is 0 Å². The molecule has 1 heterocycles. The van der Waals surface area contributed by atoms with Gasteiger partial charge in [0.25, 0.3) is 5.91 Å². The molecule has 2 aromatic rings. The van der Waals surface area contributed by atoms with Gasteiger partial charge in [-0.3, -0.25) is 9.59 Å². The Kier molecular flexibility index (Phi) is 6.84. The number of imide groups is 1. The molecule has 0 atom stereocenters. The predicted octanol–water partition coefficient (Wildman–Crippen LogP) is 6.28. The van der Waals surface area contributed by atoms with Crippen molar-refractivity contribution in [2.45, 2.75) is 45.8 Å². The number of hydrogen-bond acceptors (Lipinski definition) is 4. The second-order valence-corrected chi connectivity index (χ2v) is 15.1. The van der Waals surface area contributed by atoms with E-state index in [1.54, 1.807) is 13.2 Å². The molecule has 170 valence electrons. The standard InChI is InChI=1S/C25H30BrNO4Si/c1-16(28)27-22-12-11-18(26)14-20(22)23(24(27)29)21(15-30-5)17-9-8-10-19(13-17)31-32(6,7)25(2,3)4/h8-14H,15H2,1-7H3/b23-21+. The van der Waals surface area contributed by atoms with Crippen molar-refractivity contribution in [2.24, 2.45) is 0 Å². The van der Waals surface area contributed by atoms with Gasteiger partial charge in [-0.25, -0.2) is 4.90 Å². The van der Waals surface area contributed by atoms with Crippen molar-refractivity contribution in [2.75, 3.05) is 18.6 Å². The van der Waals surface area contributed by atoms with Gasteiger partial charge in [0.05, 0.1) is 17.9 Å². The molecule has 0 saturated carbocycles. The molecule has 0 aliphatic carbocycles. The number of anilines is 1. The van der Waals surface area contributed by atoms with E-state index in [9.17, 15) is 9.59 Å². The van der Waals surface area contributed by atoms with Crippen LogP contribution >= 0.6 is 15.9 Å². The van der Waals surface area contributed by atoms with E-state index in [2.05, 4.69) is 49.8 Å². The highest BCUT2D eigenvalue weighted by atomic mass is 79.9. The smallest absolute Gasteiger partial charge is 0.266 e. The maximum atomic E-state index is 13.4. The van der Waals surface area contributed by atoms with Gasteiger partial charge in [-0.15, -0.1) is 0 Å². The van der Waals surface area contributed by atoms with Crippen LogP contribution in [0.15, 0.2) is 46.9 Å². The number of hydrogen-bond donors (Lipinski definition) is 0. The Morgan fingerprint density at radius 1 is 1.12 bits per heavy atom. The van der Waals surface area contributed by atoms with E-state index in [0.717, 1.165) is 21.4 Å². The summed E-state index contributed by atoms with van der Waals surface area (Å²) in [5, 5.41) is 0.0610. The lowest BCUT2D eigenvalue weighted by Gasteiger charge is -2.36. The second-order valence-electron chi connectivity index (χ2n) is 9.50. The van der Waals surface area contributed by atoms with Crippen molar-refractivity contribution in [3.8, 4) is 5.75 Å². The number of rotatable bonds is 5. The van der Waals surface area contributed by atoms with Crippen molar-refractivity contribution >= 4 is 52.9 Å². The maximum absolute atomic E-state index is 13.4. The van der Waals surface area contributed by atoms with Crippen molar-refractivity contribution in [3.63, 3.8) is 0 Å². The molecule has 0 fully saturated rings. The second kappa shape index (κ2) is 8.96. The van der Waals surface area contributed by atoms with Crippen LogP contribution in [0, 0.1) is 0 Å². The summed E-state index contributed by atoms with van der Waals surface area (Å²) in [4.78, 5) is 26.9. The molecule has 0 radical (unpaired) electrons. The molecular weight excluding hydrogens is 486 g/mol. The molecule has 7 heteroatoms. The Hall–Kier alpha value is -2.22. The molecule has 0 aromatic heterocycles. The summed E-state index contributed by atoms with van der Waals surface area (Å²) in [7, 11) is -0.434. The first-order chi connectivity index (χ1) is 14.9. The Balaban J connectivity index is 2.18. The van der Waals surface area contributed by atoms with Crippen LogP contribution in [0.1, 0.15) is 38.8 Å². The normalized spacial score (nSPS) is 15.6. The van der Waals surface area contributed by atoms with Gasteiger partial charge < -0.3 is 9.16 Å². The van der Waals surface area contributed by atoms with E-state index < -0.39 is 8.32 Å². The fourth-order valence-electron chi connectivity index (χ4n) is 3.48. The molecule has 0 saturated heterocycles. The molecule has 1 aliphatic heterocycles. The molecule has 2 aromatic carbocycles. The molecule has 2 amide bonds. The van der Waals surface area contributed by atoms with E-state index in [4.69, 9.17) is 9.16 Å². The zero-order valence-electron chi connectivity index (χ0n) is 19.7. The molecule has 1 aliphatic rings. The lowest BCUT2D eigenvalue weighted by molar-refractivity contribution is -0.122. The largest absolute Gasteiger partial charge is 0.543 e. The molecule has 3 rings (SSSR count). The topological polar surface area (TPSA) is 55.8 Å². The van der Waals surface area contributed by atoms with Crippen molar-refractivity contribution in [1.29, 1.82) is 0 Å². The molecule has 0 unspecified atom stereocenters. The number of carbonyl (C=O) groups is 2. The van der Waals surface area contributed by atoms with Gasteiger partial charge in [-0.1, -0.05) is 48.8 Å². The fraction of sp³-hybridized carbons (Fsp3) is 0.360. The van der Waals surface area contributed by atoms with Crippen LogP contribution in [0.2, 0.25) is 18.1 Å². The predicted molar refractivity (Wildman–Crippen MR) is 135 cm³/mol. The Labute approximate surface area is 199 Å². The van der Waals surface area contributed by atoms with Gasteiger partial charge in [-0.05, 0) is 59.6 Å². The van der Waals surface area contributed by atoms with E-state index in [1.807, 2.05) is 36.4 Å². The minimum atomic E-state index is -2.03. The molecule has 0 bridgehead atoms. The third kappa shape index (κ3) is 4.60. The average Bonchev–Trinajstić information content (AvgIpc) is 2.96. The van der Waals surface area contributed by atoms with Gasteiger partial charge in [0.15, 0.2) is 0 Å². The van der Waals surface area contributed by atoms with Gasteiger partial charge in [-0.2, -0.15) is 0 Å². The maximum Gasteiger partial charge on any atom is 0.266 e. The van der Waals surface area contributed by atoms with E-state index in [-0.39, 0.29) is 23.5 Å². The molecule has 32 heavy (non-hydrogen) atoms. The highest BCUT2D eigenvalue weighted by molar-refractivity contribution is 9.10. The summed E-state index contributed by atoms with van der Waals surface area (Å²) in [6.45, 7) is 12.6. The minimum absolute atomic E-state index is 0.0610. The summed E-state index contributed by atoms with van der Waals surface area (Å²) in [5.74, 6) is 0.111. The zero-order valence-corrected chi connectivity index (χ0v) is 22.3. The third-order valence-corrected chi connectivity index (χ3v) is 11.0. The van der Waals surface area contributed by atoms with Crippen LogP contribution in [0.5, 0.6) is 5.75 Å². The minimum Gasteiger partial charge on any atom is -0.543 e. The number of carbonyl (C=O) groups excluding carboxylic acids is 2. The summed E-state index contributed by atoms with van der Waals surface area (Å²) in [6.07, 6.45) is 0. The quantitative estimate of drug-likeness (QED) is 0.347. The lowest BCUT2D eigenvalue weighted by atomic mass is 9.96. The zero-order chi connectivity index (χ0) is 23.8. The summed E-state index contributed by atoms with van der Waals surface area (Å²) < 4.78 is 12.8. The number of amides is 2. The number of benzene rings is 2. The number of halogens is 1. The van der Waals surface area contributed by atoms with Crippen LogP contribution < -0.4 is 9.33 Å². The van der Waals surface area contributed by atoms with E-state index in [0.29, 0.717) is 16.8 Å². The first-order valence-electron chi connectivity index (χ1n) is 10.5. The van der Waals surface area contributed by atoms with Crippen LogP contribution in [0.4, 0.5) is 5.69 Å². The highest BCUT2D eigenvalue weighted by Gasteiger charge is 2.40. The van der Waals surface area contributed by atoms with Crippen LogP contribution in [-0.2, 0) is 14.3 Å². The van der Waals surface area contributed by atoms with Crippen molar-refractivity contribution in [1.82, 2.24) is 0 Å². The summed E-state index contributed by atoms with van der Waals surface area (Å²) in [5.41, 5.74) is 3.33. The highest BCUT2D eigenvalue weighted by Crippen LogP contribution is 2.43. The SMILES string of the molecule is COC/C(=C1\C(=O)N(C(C)=O)c2ccc(Br)cc21)c1cccc(O[Si](C)(C)C(C)(C)C)c1. The van der Waals surface area contributed by atoms with Crippen LogP contribution in [0.25, 0.3) is 11.1 Å². The van der Waals surface area contributed by atoms with E-state index in [1.165, 1.54) is 11.8 Å². The first-order valence-corrected chi connectivity index (χ1v) is 14.2. The molecule has 0 N–H and O–H groups in total. The Morgan fingerprint density at radius 3 is 2.41 bits per heavy atom. The molecule has 5 nitrogen and oxygen atoms in total. The monoisotopic (exact) mass is 515 g/mol. The fourth-order valence-corrected chi connectivity index (χ4v) is 4.87. The summed E-state index contributed by atoms with van der Waals surface area (Å²) >= 11 is 3.49. The summed E-state index contributed by atoms with van der Waals surface area (Å²) in [6, 6.07) is 13.3. The number of nitrogens with zero attached hydrogens (tertiary/aromatic N) is 1. The van der Waals surface area contributed by atoms with Crippen molar-refractivity contribution in [3.05, 3.63) is 58.1 Å². The molecule has 0 spiro atoms. The average molecular weight is 517 g/mol. The molecular formula is C25H30BrNO4Si. The number of fused-ring (bicyclic) bond motifs is 1. The Morgan fingerprint density at radius 2 is 1.81 bits per heavy atom. The van der Waals surface area contributed by atoms with Gasteiger partial charge in [0.2, 0.25) is 14.2 Å². The van der Waals surface area contributed by atoms with Gasteiger partial charge >= 0.3 is 0 Å². The van der Waals surface area contributed by atoms with Crippen molar-refractivity contribution < 1.29 is 18.8 Å². The number of ether oxygens (including phenoxy) is 1.